The number of aromatic nitrogens is 1. The molecule has 0 spiro atoms. The van der Waals surface area contributed by atoms with Crippen LogP contribution in [0.2, 0.25) is 0 Å². The van der Waals surface area contributed by atoms with E-state index in [9.17, 15) is 0 Å². The predicted molar refractivity (Wildman–Crippen MR) is 108 cm³/mol. The van der Waals surface area contributed by atoms with Crippen molar-refractivity contribution in [1.29, 1.82) is 0 Å². The normalized spacial score (nSPS) is 12.4. The second-order valence-electron chi connectivity index (χ2n) is 6.64. The van der Waals surface area contributed by atoms with Gasteiger partial charge in [-0.2, -0.15) is 0 Å². The van der Waals surface area contributed by atoms with E-state index < -0.39 is 0 Å². The maximum Gasteiger partial charge on any atom is 0.0777 e. The molecule has 0 saturated heterocycles. The van der Waals surface area contributed by atoms with Crippen molar-refractivity contribution < 1.29 is 0 Å². The lowest BCUT2D eigenvalue weighted by molar-refractivity contribution is 0.266. The fraction of sp³-hybridized carbons (Fsp3) is 0.125. The number of nitrogens with zero attached hydrogens (tertiary/aromatic N) is 2. The summed E-state index contributed by atoms with van der Waals surface area (Å²) in [6, 6.07) is 33.9. The third kappa shape index (κ3) is 3.51. The monoisotopic (exact) mass is 338 g/mol. The minimum Gasteiger partial charge on any atom is -0.290 e. The van der Waals surface area contributed by atoms with Gasteiger partial charge in [-0.3, -0.25) is 9.88 Å². The summed E-state index contributed by atoms with van der Waals surface area (Å²) in [5.74, 6) is 0. The lowest BCUT2D eigenvalue weighted by Gasteiger charge is -2.28. The molecule has 26 heavy (non-hydrogen) atoms. The van der Waals surface area contributed by atoms with E-state index in [0.29, 0.717) is 0 Å². The van der Waals surface area contributed by atoms with Gasteiger partial charge in [0.05, 0.1) is 17.3 Å². The van der Waals surface area contributed by atoms with Gasteiger partial charge in [-0.05, 0) is 30.3 Å². The van der Waals surface area contributed by atoms with Crippen LogP contribution >= 0.6 is 0 Å². The first-order valence-corrected chi connectivity index (χ1v) is 8.96. The van der Waals surface area contributed by atoms with E-state index in [1.165, 1.54) is 16.5 Å². The highest BCUT2D eigenvalue weighted by atomic mass is 15.1. The zero-order chi connectivity index (χ0) is 17.8. The third-order valence-electron chi connectivity index (χ3n) is 4.73. The highest BCUT2D eigenvalue weighted by molar-refractivity contribution is 5.78. The largest absolute Gasteiger partial charge is 0.290 e. The van der Waals surface area contributed by atoms with Crippen LogP contribution in [0.5, 0.6) is 0 Å². The van der Waals surface area contributed by atoms with E-state index in [1.807, 2.05) is 6.07 Å². The van der Waals surface area contributed by atoms with Crippen LogP contribution in [0.3, 0.4) is 0 Å². The Balaban J connectivity index is 1.74. The summed E-state index contributed by atoms with van der Waals surface area (Å²) in [5, 5.41) is 1.17. The summed E-state index contributed by atoms with van der Waals surface area (Å²) in [6.45, 7) is 0.870. The van der Waals surface area contributed by atoms with Crippen LogP contribution in [0.4, 0.5) is 0 Å². The number of hydrogen-bond donors (Lipinski definition) is 0. The van der Waals surface area contributed by atoms with Gasteiger partial charge >= 0.3 is 0 Å². The fourth-order valence-corrected chi connectivity index (χ4v) is 3.48. The van der Waals surface area contributed by atoms with Gasteiger partial charge in [-0.25, -0.2) is 0 Å². The first kappa shape index (κ1) is 16.5. The predicted octanol–water partition coefficient (Wildman–Crippen LogP) is 5.46. The molecule has 4 rings (SSSR count). The quantitative estimate of drug-likeness (QED) is 0.480. The standard InChI is InChI=1S/C24H22N2/c1-26(18-19-10-4-2-5-11-19)24(21-13-6-3-7-14-21)23-17-16-20-12-8-9-15-22(20)25-23/h2-17,24H,18H2,1H3. The minimum absolute atomic E-state index is 0.112. The summed E-state index contributed by atoms with van der Waals surface area (Å²) in [7, 11) is 2.17. The molecule has 2 nitrogen and oxygen atoms in total. The van der Waals surface area contributed by atoms with Crippen molar-refractivity contribution in [3.8, 4) is 0 Å². The van der Waals surface area contributed by atoms with Crippen molar-refractivity contribution in [2.75, 3.05) is 7.05 Å². The van der Waals surface area contributed by atoms with Crippen LogP contribution in [0.15, 0.2) is 97.1 Å². The SMILES string of the molecule is CN(Cc1ccccc1)C(c1ccccc1)c1ccc2ccccc2n1. The topological polar surface area (TPSA) is 16.1 Å². The molecule has 0 bridgehead atoms. The van der Waals surface area contributed by atoms with Crippen LogP contribution in [-0.4, -0.2) is 16.9 Å². The molecule has 4 aromatic rings. The molecule has 2 heteroatoms. The number of pyridine rings is 1. The fourth-order valence-electron chi connectivity index (χ4n) is 3.48. The van der Waals surface area contributed by atoms with Crippen molar-refractivity contribution in [3.05, 3.63) is 114 Å². The highest BCUT2D eigenvalue weighted by Crippen LogP contribution is 2.29. The van der Waals surface area contributed by atoms with Gasteiger partial charge in [0.1, 0.15) is 0 Å². The van der Waals surface area contributed by atoms with Crippen LogP contribution in [0, 0.1) is 0 Å². The number of rotatable bonds is 5. The Kier molecular flexibility index (Phi) is 4.76. The maximum absolute atomic E-state index is 4.97. The zero-order valence-electron chi connectivity index (χ0n) is 14.9. The smallest absolute Gasteiger partial charge is 0.0777 e. The molecule has 0 radical (unpaired) electrons. The molecule has 0 saturated carbocycles. The maximum atomic E-state index is 4.97. The van der Waals surface area contributed by atoms with Crippen molar-refractivity contribution >= 4 is 10.9 Å². The molecule has 0 fully saturated rings. The Morgan fingerprint density at radius 2 is 1.38 bits per heavy atom. The van der Waals surface area contributed by atoms with Gasteiger partial charge < -0.3 is 0 Å². The third-order valence-corrected chi connectivity index (χ3v) is 4.73. The minimum atomic E-state index is 0.112. The molecule has 1 aromatic heterocycles. The Hall–Kier alpha value is -2.97. The molecule has 1 atom stereocenters. The van der Waals surface area contributed by atoms with Crippen LogP contribution in [0.1, 0.15) is 22.9 Å². The molecule has 1 heterocycles. The van der Waals surface area contributed by atoms with Gasteiger partial charge in [0, 0.05) is 11.9 Å². The Labute approximate surface area is 154 Å². The second kappa shape index (κ2) is 7.51. The van der Waals surface area contributed by atoms with E-state index in [-0.39, 0.29) is 6.04 Å². The average molecular weight is 338 g/mol. The zero-order valence-corrected chi connectivity index (χ0v) is 14.9. The molecule has 0 aliphatic rings. The van der Waals surface area contributed by atoms with Gasteiger partial charge in [0.2, 0.25) is 0 Å². The van der Waals surface area contributed by atoms with Crippen LogP contribution in [-0.2, 0) is 6.54 Å². The van der Waals surface area contributed by atoms with E-state index in [1.54, 1.807) is 0 Å². The summed E-state index contributed by atoms with van der Waals surface area (Å²) < 4.78 is 0. The molecule has 128 valence electrons. The molecule has 0 aliphatic carbocycles. The second-order valence-corrected chi connectivity index (χ2v) is 6.64. The number of hydrogen-bond acceptors (Lipinski definition) is 2. The summed E-state index contributed by atoms with van der Waals surface area (Å²) in [5.41, 5.74) is 4.68. The molecule has 1 unspecified atom stereocenters. The Morgan fingerprint density at radius 3 is 2.15 bits per heavy atom. The average Bonchev–Trinajstić information content (AvgIpc) is 2.70. The summed E-state index contributed by atoms with van der Waals surface area (Å²) in [4.78, 5) is 7.34. The van der Waals surface area contributed by atoms with Crippen molar-refractivity contribution in [1.82, 2.24) is 9.88 Å². The molecular formula is C24H22N2. The Morgan fingerprint density at radius 1 is 0.731 bits per heavy atom. The van der Waals surface area contributed by atoms with Crippen molar-refractivity contribution in [3.63, 3.8) is 0 Å². The van der Waals surface area contributed by atoms with Gasteiger partial charge in [-0.1, -0.05) is 84.9 Å². The van der Waals surface area contributed by atoms with Gasteiger partial charge in [0.15, 0.2) is 0 Å². The highest BCUT2D eigenvalue weighted by Gasteiger charge is 2.21. The molecule has 0 N–H and O–H groups in total. The molecule has 3 aromatic carbocycles. The first-order chi connectivity index (χ1) is 12.8. The van der Waals surface area contributed by atoms with E-state index in [0.717, 1.165) is 17.8 Å². The Bertz CT molecular complexity index is 980. The van der Waals surface area contributed by atoms with Crippen molar-refractivity contribution in [2.24, 2.45) is 0 Å². The summed E-state index contributed by atoms with van der Waals surface area (Å²) in [6.07, 6.45) is 0. The van der Waals surface area contributed by atoms with Gasteiger partial charge in [-0.15, -0.1) is 0 Å². The lowest BCUT2D eigenvalue weighted by Crippen LogP contribution is -2.26. The number of benzene rings is 3. The molecule has 0 amide bonds. The lowest BCUT2D eigenvalue weighted by atomic mass is 10.00. The summed E-state index contributed by atoms with van der Waals surface area (Å²) >= 11 is 0. The van der Waals surface area contributed by atoms with Crippen molar-refractivity contribution in [2.45, 2.75) is 12.6 Å². The number of fused-ring (bicyclic) bond motifs is 1. The van der Waals surface area contributed by atoms with Crippen LogP contribution in [0.25, 0.3) is 10.9 Å². The van der Waals surface area contributed by atoms with E-state index >= 15 is 0 Å². The number of para-hydroxylation sites is 1. The molecule has 0 aliphatic heterocycles. The molecular weight excluding hydrogens is 316 g/mol. The van der Waals surface area contributed by atoms with E-state index in [2.05, 4.69) is 103 Å². The van der Waals surface area contributed by atoms with Gasteiger partial charge in [0.25, 0.3) is 0 Å². The first-order valence-electron chi connectivity index (χ1n) is 8.96. The van der Waals surface area contributed by atoms with E-state index in [4.69, 9.17) is 4.98 Å². The van der Waals surface area contributed by atoms with Crippen LogP contribution < -0.4 is 0 Å².